The zero-order chi connectivity index (χ0) is 30.3. The molecule has 4 aromatic rings. The zero-order valence-electron chi connectivity index (χ0n) is 21.9. The van der Waals surface area contributed by atoms with Gasteiger partial charge in [0.1, 0.15) is 22.5 Å². The molecule has 0 saturated heterocycles. The topological polar surface area (TPSA) is 132 Å². The average molecular weight is 594 g/mol. The van der Waals surface area contributed by atoms with E-state index in [2.05, 4.69) is 31.8 Å². The number of benzene rings is 1. The predicted molar refractivity (Wildman–Crippen MR) is 140 cm³/mol. The van der Waals surface area contributed by atoms with Crippen LogP contribution in [0.15, 0.2) is 42.7 Å². The molecule has 0 unspecified atom stereocenters. The molecule has 3 heterocycles. The minimum absolute atomic E-state index is 0.0369. The Kier molecular flexibility index (Phi) is 7.52. The SMILES string of the molecule is N#CCC1CCC(Nn2c(CC(=O)Nc3ccc(C(O)(C(F)(F)F)C(F)(F)F)cc3)nc3cnc4[nH]ccc4c32)CC1. The van der Waals surface area contributed by atoms with Gasteiger partial charge in [-0.1, -0.05) is 12.1 Å². The third-order valence-electron chi connectivity index (χ3n) is 7.53. The van der Waals surface area contributed by atoms with Gasteiger partial charge in [-0.25, -0.2) is 14.6 Å². The van der Waals surface area contributed by atoms with Gasteiger partial charge in [0.15, 0.2) is 0 Å². The molecule has 15 heteroatoms. The third kappa shape index (κ3) is 5.34. The molecule has 0 atom stereocenters. The number of aliphatic hydroxyl groups is 1. The quantitative estimate of drug-likeness (QED) is 0.212. The van der Waals surface area contributed by atoms with E-state index in [-0.39, 0.29) is 18.2 Å². The number of hydrogen-bond acceptors (Lipinski definition) is 6. The van der Waals surface area contributed by atoms with Crippen LogP contribution in [0.1, 0.15) is 43.5 Å². The number of nitrogens with one attached hydrogen (secondary N) is 3. The van der Waals surface area contributed by atoms with Gasteiger partial charge in [0.05, 0.1) is 18.7 Å². The van der Waals surface area contributed by atoms with Crippen molar-refractivity contribution < 1.29 is 36.2 Å². The van der Waals surface area contributed by atoms with Gasteiger partial charge in [0.2, 0.25) is 5.91 Å². The number of fused-ring (bicyclic) bond motifs is 3. The van der Waals surface area contributed by atoms with Crippen LogP contribution in [0.3, 0.4) is 0 Å². The van der Waals surface area contributed by atoms with Crippen molar-refractivity contribution in [2.75, 3.05) is 10.7 Å². The fourth-order valence-corrected chi connectivity index (χ4v) is 5.31. The second-order valence-electron chi connectivity index (χ2n) is 10.3. The van der Waals surface area contributed by atoms with E-state index in [0.717, 1.165) is 43.2 Å². The highest BCUT2D eigenvalue weighted by molar-refractivity contribution is 6.02. The fourth-order valence-electron chi connectivity index (χ4n) is 5.31. The Labute approximate surface area is 234 Å². The number of pyridine rings is 1. The molecule has 222 valence electrons. The molecule has 1 fully saturated rings. The Balaban J connectivity index is 1.38. The molecule has 1 saturated carbocycles. The summed E-state index contributed by atoms with van der Waals surface area (Å²) in [4.78, 5) is 24.9. The lowest BCUT2D eigenvalue weighted by Crippen LogP contribution is -2.53. The Morgan fingerprint density at radius 1 is 1.07 bits per heavy atom. The van der Waals surface area contributed by atoms with Crippen molar-refractivity contribution >= 4 is 33.7 Å². The highest BCUT2D eigenvalue weighted by Crippen LogP contribution is 2.50. The molecule has 42 heavy (non-hydrogen) atoms. The Morgan fingerprint density at radius 3 is 2.36 bits per heavy atom. The first-order valence-electron chi connectivity index (χ1n) is 13.0. The number of amides is 1. The smallest absolute Gasteiger partial charge is 0.369 e. The standard InChI is InChI=1S/C27H25F6N7O2/c28-26(29,30)25(42,27(31,32)33)16-3-7-17(8-4-16)37-22(41)13-21-38-20-14-36-24-19(10-12-35-24)23(20)40(21)39-18-5-1-15(2-6-18)9-11-34/h3-4,7-8,10,12,14-15,18,39,42H,1-2,5-6,9,13H2,(H,35,36)(H,37,41). The minimum Gasteiger partial charge on any atom is -0.369 e. The molecule has 1 aliphatic carbocycles. The highest BCUT2D eigenvalue weighted by Gasteiger charge is 2.71. The zero-order valence-corrected chi connectivity index (χ0v) is 21.9. The van der Waals surface area contributed by atoms with Crippen LogP contribution in [0, 0.1) is 17.2 Å². The molecule has 1 aromatic carbocycles. The second-order valence-corrected chi connectivity index (χ2v) is 10.3. The van der Waals surface area contributed by atoms with Crippen molar-refractivity contribution in [3.63, 3.8) is 0 Å². The maximum Gasteiger partial charge on any atom is 0.430 e. The summed E-state index contributed by atoms with van der Waals surface area (Å²) in [5, 5.41) is 21.8. The van der Waals surface area contributed by atoms with Crippen LogP contribution in [0.4, 0.5) is 32.0 Å². The summed E-state index contributed by atoms with van der Waals surface area (Å²) in [7, 11) is 0. The van der Waals surface area contributed by atoms with Gasteiger partial charge < -0.3 is 20.8 Å². The Hall–Kier alpha value is -4.32. The van der Waals surface area contributed by atoms with Gasteiger partial charge in [-0.3, -0.25) is 4.79 Å². The monoisotopic (exact) mass is 593 g/mol. The first-order chi connectivity index (χ1) is 19.8. The fraction of sp³-hybridized carbons (Fsp3) is 0.407. The van der Waals surface area contributed by atoms with Crippen molar-refractivity contribution in [3.05, 3.63) is 54.1 Å². The molecule has 0 radical (unpaired) electrons. The highest BCUT2D eigenvalue weighted by atomic mass is 19.4. The summed E-state index contributed by atoms with van der Waals surface area (Å²) in [6.45, 7) is 0. The number of H-pyrrole nitrogens is 1. The molecule has 0 spiro atoms. The number of rotatable bonds is 7. The number of aromatic amines is 1. The van der Waals surface area contributed by atoms with E-state index in [0.29, 0.717) is 47.0 Å². The van der Waals surface area contributed by atoms with E-state index in [1.165, 1.54) is 0 Å². The molecule has 0 aliphatic heterocycles. The van der Waals surface area contributed by atoms with Crippen LogP contribution >= 0.6 is 0 Å². The van der Waals surface area contributed by atoms with Crippen LogP contribution in [0.5, 0.6) is 0 Å². The number of alkyl halides is 6. The number of carbonyl (C=O) groups excluding carboxylic acids is 1. The summed E-state index contributed by atoms with van der Waals surface area (Å²) in [6, 6.07) is 6.70. The number of nitriles is 1. The van der Waals surface area contributed by atoms with Crippen molar-refractivity contribution in [1.29, 1.82) is 5.26 Å². The van der Waals surface area contributed by atoms with Gasteiger partial charge >= 0.3 is 12.4 Å². The van der Waals surface area contributed by atoms with Crippen LogP contribution in [-0.2, 0) is 16.8 Å². The summed E-state index contributed by atoms with van der Waals surface area (Å²) < 4.78 is 80.9. The summed E-state index contributed by atoms with van der Waals surface area (Å²) in [5.41, 5.74) is -1.31. The van der Waals surface area contributed by atoms with Gasteiger partial charge in [-0.2, -0.15) is 31.6 Å². The molecular weight excluding hydrogens is 568 g/mol. The first-order valence-corrected chi connectivity index (χ1v) is 13.0. The summed E-state index contributed by atoms with van der Waals surface area (Å²) in [5.74, 6) is 0.0179. The Morgan fingerprint density at radius 2 is 1.74 bits per heavy atom. The normalized spacial score (nSPS) is 18.2. The molecule has 1 aliphatic rings. The first kappa shape index (κ1) is 29.2. The number of imidazole rings is 1. The summed E-state index contributed by atoms with van der Waals surface area (Å²) >= 11 is 0. The number of hydrogen-bond donors (Lipinski definition) is 4. The number of anilines is 1. The van der Waals surface area contributed by atoms with Crippen LogP contribution in [-0.4, -0.2) is 49.0 Å². The van der Waals surface area contributed by atoms with Crippen LogP contribution in [0.25, 0.3) is 22.1 Å². The lowest BCUT2D eigenvalue weighted by molar-refractivity contribution is -0.376. The molecule has 5 rings (SSSR count). The maximum absolute atomic E-state index is 13.2. The lowest BCUT2D eigenvalue weighted by Gasteiger charge is -2.32. The van der Waals surface area contributed by atoms with Gasteiger partial charge in [0, 0.05) is 35.3 Å². The maximum atomic E-state index is 13.2. The van der Waals surface area contributed by atoms with Gasteiger partial charge in [0.25, 0.3) is 5.60 Å². The van der Waals surface area contributed by atoms with E-state index >= 15 is 0 Å². The average Bonchev–Trinajstić information content (AvgIpc) is 3.53. The minimum atomic E-state index is -6.02. The van der Waals surface area contributed by atoms with Crippen LogP contribution in [0.2, 0.25) is 0 Å². The predicted octanol–water partition coefficient (Wildman–Crippen LogP) is 5.42. The Bertz CT molecular complexity index is 1610. The molecule has 4 N–H and O–H groups in total. The molecule has 0 bridgehead atoms. The van der Waals surface area contributed by atoms with Gasteiger partial charge in [-0.15, -0.1) is 0 Å². The number of nitrogens with zero attached hydrogens (tertiary/aromatic N) is 4. The molecule has 3 aromatic heterocycles. The van der Waals surface area contributed by atoms with E-state index in [1.807, 2.05) is 6.07 Å². The summed E-state index contributed by atoms with van der Waals surface area (Å²) in [6.07, 6.45) is -5.22. The van der Waals surface area contributed by atoms with Crippen molar-refractivity contribution in [2.24, 2.45) is 5.92 Å². The van der Waals surface area contributed by atoms with Crippen LogP contribution < -0.4 is 10.7 Å². The number of halogens is 6. The number of aromatic nitrogens is 4. The molecule has 1 amide bonds. The number of carbonyl (C=O) groups is 1. The largest absolute Gasteiger partial charge is 0.430 e. The van der Waals surface area contributed by atoms with E-state index in [4.69, 9.17) is 5.26 Å². The van der Waals surface area contributed by atoms with E-state index in [1.54, 1.807) is 17.1 Å². The van der Waals surface area contributed by atoms with E-state index in [9.17, 15) is 36.2 Å². The third-order valence-corrected chi connectivity index (χ3v) is 7.53. The van der Waals surface area contributed by atoms with E-state index < -0.39 is 29.4 Å². The van der Waals surface area contributed by atoms with Crippen molar-refractivity contribution in [1.82, 2.24) is 19.6 Å². The van der Waals surface area contributed by atoms with Crippen molar-refractivity contribution in [3.8, 4) is 6.07 Å². The van der Waals surface area contributed by atoms with Crippen molar-refractivity contribution in [2.45, 2.75) is 62.5 Å². The van der Waals surface area contributed by atoms with Gasteiger partial charge in [-0.05, 0) is 49.8 Å². The lowest BCUT2D eigenvalue weighted by atomic mass is 9.85. The molecule has 9 nitrogen and oxygen atoms in total. The second kappa shape index (κ2) is 10.8. The molecular formula is C27H25F6N7O2.